The number of pyridine rings is 1. The van der Waals surface area contributed by atoms with Gasteiger partial charge in [-0.3, -0.25) is 14.2 Å². The van der Waals surface area contributed by atoms with Crippen molar-refractivity contribution in [3.05, 3.63) is 26.4 Å². The van der Waals surface area contributed by atoms with Crippen LogP contribution in [0.5, 0.6) is 0 Å². The summed E-state index contributed by atoms with van der Waals surface area (Å²) in [7, 11) is 0. The second-order valence-electron chi connectivity index (χ2n) is 3.24. The van der Waals surface area contributed by atoms with Gasteiger partial charge in [0.05, 0.1) is 12.1 Å². The molecule has 17 heavy (non-hydrogen) atoms. The van der Waals surface area contributed by atoms with E-state index in [-0.39, 0.29) is 11.4 Å². The summed E-state index contributed by atoms with van der Waals surface area (Å²) in [4.78, 5) is 27.6. The van der Waals surface area contributed by atoms with Gasteiger partial charge in [0.1, 0.15) is 11.4 Å². The molecule has 2 aromatic rings. The topological polar surface area (TPSA) is 61.2 Å². The Bertz CT molecular complexity index is 620. The molecule has 0 N–H and O–H groups in total. The van der Waals surface area contributed by atoms with E-state index in [0.29, 0.717) is 17.0 Å². The minimum Gasteiger partial charge on any atom is -0.465 e. The van der Waals surface area contributed by atoms with Crippen LogP contribution in [0.3, 0.4) is 0 Å². The van der Waals surface area contributed by atoms with E-state index >= 15 is 0 Å². The van der Waals surface area contributed by atoms with Crippen LogP contribution >= 0.6 is 27.3 Å². The molecule has 2 rings (SSSR count). The summed E-state index contributed by atoms with van der Waals surface area (Å²) in [6.45, 7) is 1.95. The number of rotatable bonds is 3. The van der Waals surface area contributed by atoms with Crippen LogP contribution in [0.4, 0.5) is 0 Å². The first-order chi connectivity index (χ1) is 8.11. The van der Waals surface area contributed by atoms with E-state index in [0.717, 1.165) is 15.8 Å². The number of esters is 1. The Kier molecular flexibility index (Phi) is 3.58. The summed E-state index contributed by atoms with van der Waals surface area (Å²) >= 11 is 4.30. The largest absolute Gasteiger partial charge is 0.465 e. The molecule has 0 radical (unpaired) electrons. The van der Waals surface area contributed by atoms with Crippen molar-refractivity contribution in [1.82, 2.24) is 9.55 Å². The lowest BCUT2D eigenvalue weighted by Crippen LogP contribution is -2.20. The van der Waals surface area contributed by atoms with E-state index in [4.69, 9.17) is 4.74 Å². The lowest BCUT2D eigenvalue weighted by atomic mass is 10.4. The summed E-state index contributed by atoms with van der Waals surface area (Å²) in [6.07, 6.45) is 1.62. The summed E-state index contributed by atoms with van der Waals surface area (Å²) in [5.74, 6) is -0.422. The van der Waals surface area contributed by atoms with Gasteiger partial charge in [-0.2, -0.15) is 0 Å². The molecule has 0 unspecified atom stereocenters. The number of hydrogen-bond acceptors (Lipinski definition) is 5. The quantitative estimate of drug-likeness (QED) is 0.810. The number of thiazole rings is 1. The maximum atomic E-state index is 11.7. The zero-order valence-electron chi connectivity index (χ0n) is 8.97. The van der Waals surface area contributed by atoms with E-state index in [9.17, 15) is 9.59 Å². The lowest BCUT2D eigenvalue weighted by molar-refractivity contribution is -0.143. The minimum absolute atomic E-state index is 0.0786. The van der Waals surface area contributed by atoms with Crippen LogP contribution in [0, 0.1) is 0 Å². The van der Waals surface area contributed by atoms with E-state index in [1.165, 1.54) is 4.57 Å². The van der Waals surface area contributed by atoms with Gasteiger partial charge >= 0.3 is 10.8 Å². The fourth-order valence-electron chi connectivity index (χ4n) is 1.41. The van der Waals surface area contributed by atoms with Gasteiger partial charge in [0.25, 0.3) is 0 Å². The van der Waals surface area contributed by atoms with Crippen LogP contribution in [0.2, 0.25) is 0 Å². The molecule has 0 fully saturated rings. The Labute approximate surface area is 109 Å². The number of hydrogen-bond donors (Lipinski definition) is 0. The van der Waals surface area contributed by atoms with Crippen LogP contribution in [0.15, 0.2) is 21.5 Å². The smallest absolute Gasteiger partial charge is 0.326 e. The average molecular weight is 317 g/mol. The van der Waals surface area contributed by atoms with E-state index < -0.39 is 5.97 Å². The number of carbonyl (C=O) groups is 1. The standard InChI is InChI=1S/C10H9BrN2O3S/c1-2-16-8(14)5-13-7-3-6(11)4-12-9(7)17-10(13)15/h3-4H,2,5H2,1H3. The zero-order chi connectivity index (χ0) is 12.4. The molecule has 0 aliphatic heterocycles. The maximum Gasteiger partial charge on any atom is 0.326 e. The maximum absolute atomic E-state index is 11.7. The van der Waals surface area contributed by atoms with Crippen molar-refractivity contribution in [2.45, 2.75) is 13.5 Å². The number of nitrogens with zero attached hydrogens (tertiary/aromatic N) is 2. The molecular formula is C10H9BrN2O3S. The molecule has 0 atom stereocenters. The molecule has 2 heterocycles. The van der Waals surface area contributed by atoms with Gasteiger partial charge in [0, 0.05) is 10.7 Å². The Hall–Kier alpha value is -1.21. The first-order valence-corrected chi connectivity index (χ1v) is 6.53. The van der Waals surface area contributed by atoms with Crippen LogP contribution in [-0.4, -0.2) is 22.1 Å². The number of halogens is 1. The Morgan fingerprint density at radius 3 is 3.12 bits per heavy atom. The van der Waals surface area contributed by atoms with E-state index in [1.54, 1.807) is 19.2 Å². The summed E-state index contributed by atoms with van der Waals surface area (Å²) in [5.41, 5.74) is 0.641. The van der Waals surface area contributed by atoms with Gasteiger partial charge in [-0.05, 0) is 28.9 Å². The number of ether oxygens (including phenoxy) is 1. The average Bonchev–Trinajstić information content (AvgIpc) is 2.56. The highest BCUT2D eigenvalue weighted by atomic mass is 79.9. The van der Waals surface area contributed by atoms with Crippen LogP contribution in [-0.2, 0) is 16.1 Å². The Balaban J connectivity index is 2.45. The predicted octanol–water partition coefficient (Wildman–Crippen LogP) is 1.78. The second kappa shape index (κ2) is 4.97. The van der Waals surface area contributed by atoms with Gasteiger partial charge in [0.2, 0.25) is 0 Å². The molecule has 7 heteroatoms. The van der Waals surface area contributed by atoms with Gasteiger partial charge in [0.15, 0.2) is 0 Å². The number of aromatic nitrogens is 2. The fraction of sp³-hybridized carbons (Fsp3) is 0.300. The summed E-state index contributed by atoms with van der Waals surface area (Å²) < 4.78 is 6.96. The molecule has 0 spiro atoms. The fourth-order valence-corrected chi connectivity index (χ4v) is 2.55. The summed E-state index contributed by atoms with van der Waals surface area (Å²) in [5, 5.41) is 0. The minimum atomic E-state index is -0.422. The molecule has 90 valence electrons. The van der Waals surface area contributed by atoms with Crippen molar-refractivity contribution in [2.24, 2.45) is 0 Å². The third-order valence-corrected chi connectivity index (χ3v) is 3.42. The van der Waals surface area contributed by atoms with Crippen molar-refractivity contribution < 1.29 is 9.53 Å². The van der Waals surface area contributed by atoms with E-state index in [1.807, 2.05) is 0 Å². The highest BCUT2D eigenvalue weighted by Crippen LogP contribution is 2.19. The van der Waals surface area contributed by atoms with Gasteiger partial charge < -0.3 is 4.74 Å². The molecule has 5 nitrogen and oxygen atoms in total. The Morgan fingerprint density at radius 2 is 2.41 bits per heavy atom. The molecule has 0 amide bonds. The first kappa shape index (κ1) is 12.3. The van der Waals surface area contributed by atoms with E-state index in [2.05, 4.69) is 20.9 Å². The second-order valence-corrected chi connectivity index (χ2v) is 5.09. The first-order valence-electron chi connectivity index (χ1n) is 4.92. The van der Waals surface area contributed by atoms with Gasteiger partial charge in [-0.15, -0.1) is 0 Å². The highest BCUT2D eigenvalue weighted by molar-refractivity contribution is 9.10. The van der Waals surface area contributed by atoms with Crippen molar-refractivity contribution in [1.29, 1.82) is 0 Å². The van der Waals surface area contributed by atoms with Crippen molar-refractivity contribution in [3.63, 3.8) is 0 Å². The lowest BCUT2D eigenvalue weighted by Gasteiger charge is -2.03. The van der Waals surface area contributed by atoms with Crippen LogP contribution in [0.25, 0.3) is 10.3 Å². The van der Waals surface area contributed by atoms with Crippen LogP contribution in [0.1, 0.15) is 6.92 Å². The summed E-state index contributed by atoms with van der Waals surface area (Å²) in [6, 6.07) is 1.76. The molecule has 0 aromatic carbocycles. The molecule has 2 aromatic heterocycles. The third-order valence-electron chi connectivity index (χ3n) is 2.09. The Morgan fingerprint density at radius 1 is 1.65 bits per heavy atom. The molecule has 0 aliphatic carbocycles. The van der Waals surface area contributed by atoms with Crippen molar-refractivity contribution >= 4 is 43.6 Å². The molecule has 0 saturated carbocycles. The van der Waals surface area contributed by atoms with Crippen LogP contribution < -0.4 is 4.87 Å². The van der Waals surface area contributed by atoms with Crippen molar-refractivity contribution in [3.8, 4) is 0 Å². The third kappa shape index (κ3) is 2.55. The molecule has 0 aliphatic rings. The SMILES string of the molecule is CCOC(=O)Cn1c(=O)sc2ncc(Br)cc21. The van der Waals surface area contributed by atoms with Gasteiger partial charge in [-0.25, -0.2) is 4.98 Å². The zero-order valence-corrected chi connectivity index (χ0v) is 11.4. The number of carbonyl (C=O) groups excluding carboxylic acids is 1. The number of fused-ring (bicyclic) bond motifs is 1. The molecule has 0 saturated heterocycles. The predicted molar refractivity (Wildman–Crippen MR) is 68.2 cm³/mol. The van der Waals surface area contributed by atoms with Gasteiger partial charge in [-0.1, -0.05) is 11.3 Å². The molecule has 0 bridgehead atoms. The highest BCUT2D eigenvalue weighted by Gasteiger charge is 2.12. The van der Waals surface area contributed by atoms with Crippen molar-refractivity contribution in [2.75, 3.05) is 6.61 Å². The monoisotopic (exact) mass is 316 g/mol. The molecular weight excluding hydrogens is 308 g/mol. The normalized spacial score (nSPS) is 10.7.